The van der Waals surface area contributed by atoms with Gasteiger partial charge < -0.3 is 4.90 Å². The molecule has 0 aliphatic carbocycles. The maximum atomic E-state index is 11.9. The fourth-order valence-corrected chi connectivity index (χ4v) is 2.47. The molecule has 2 nitrogen and oxygen atoms in total. The summed E-state index contributed by atoms with van der Waals surface area (Å²) < 4.78 is 0. The highest BCUT2D eigenvalue weighted by atomic mass is 32.1. The lowest BCUT2D eigenvalue weighted by atomic mass is 10.1. The summed E-state index contributed by atoms with van der Waals surface area (Å²) in [6.45, 7) is 1.80. The van der Waals surface area contributed by atoms with Crippen LogP contribution in [-0.4, -0.2) is 23.9 Å². The predicted molar refractivity (Wildman–Crippen MR) is 87.7 cm³/mol. The Balaban J connectivity index is 1.84. The molecule has 0 bridgehead atoms. The van der Waals surface area contributed by atoms with E-state index in [9.17, 15) is 4.79 Å². The summed E-state index contributed by atoms with van der Waals surface area (Å²) in [7, 11) is 0. The lowest BCUT2D eigenvalue weighted by molar-refractivity contribution is -0.126. The van der Waals surface area contributed by atoms with E-state index in [4.69, 9.17) is 0 Å². The minimum Gasteiger partial charge on any atom is -0.339 e. The molecule has 1 saturated heterocycles. The van der Waals surface area contributed by atoms with Crippen LogP contribution in [0, 0.1) is 0 Å². The van der Waals surface area contributed by atoms with Crippen molar-refractivity contribution in [3.8, 4) is 0 Å². The number of allylic oxidation sites excluding steroid dienone is 2. The standard InChI is InChI=1S/C17H21NOS/c19-17(18-12-4-1-5-13-18)7-3-2-6-15-8-10-16(14-20)11-9-15/h2-3,6-11,20H,1,4-5,12-14H2/b6-2+,7-3+. The molecule has 106 valence electrons. The number of likely N-dealkylation sites (tertiary alicyclic amines) is 1. The van der Waals surface area contributed by atoms with Gasteiger partial charge in [0.05, 0.1) is 0 Å². The minimum absolute atomic E-state index is 0.125. The van der Waals surface area contributed by atoms with Crippen LogP contribution in [0.3, 0.4) is 0 Å². The van der Waals surface area contributed by atoms with Crippen LogP contribution < -0.4 is 0 Å². The third-order valence-corrected chi connectivity index (χ3v) is 3.83. The lowest BCUT2D eigenvalue weighted by Gasteiger charge is -2.25. The van der Waals surface area contributed by atoms with E-state index in [0.717, 1.165) is 37.2 Å². The third-order valence-electron chi connectivity index (χ3n) is 3.47. The van der Waals surface area contributed by atoms with Gasteiger partial charge in [-0.1, -0.05) is 42.5 Å². The van der Waals surface area contributed by atoms with Crippen molar-refractivity contribution in [1.82, 2.24) is 4.90 Å². The van der Waals surface area contributed by atoms with Gasteiger partial charge in [0.1, 0.15) is 0 Å². The van der Waals surface area contributed by atoms with Gasteiger partial charge in [0, 0.05) is 24.9 Å². The first-order valence-electron chi connectivity index (χ1n) is 7.13. The molecule has 1 aromatic rings. The highest BCUT2D eigenvalue weighted by molar-refractivity contribution is 7.79. The molecule has 1 aliphatic rings. The largest absolute Gasteiger partial charge is 0.339 e. The van der Waals surface area contributed by atoms with Crippen molar-refractivity contribution >= 4 is 24.6 Å². The van der Waals surface area contributed by atoms with Gasteiger partial charge in [-0.2, -0.15) is 12.6 Å². The molecule has 0 atom stereocenters. The van der Waals surface area contributed by atoms with E-state index in [1.807, 2.05) is 23.1 Å². The summed E-state index contributed by atoms with van der Waals surface area (Å²) in [5.74, 6) is 0.883. The zero-order chi connectivity index (χ0) is 14.2. The summed E-state index contributed by atoms with van der Waals surface area (Å²) in [6, 6.07) is 8.25. The Morgan fingerprint density at radius 2 is 1.80 bits per heavy atom. The highest BCUT2D eigenvalue weighted by Crippen LogP contribution is 2.10. The third kappa shape index (κ3) is 4.57. The fourth-order valence-electron chi connectivity index (χ4n) is 2.26. The summed E-state index contributed by atoms with van der Waals surface area (Å²) in [4.78, 5) is 13.8. The Morgan fingerprint density at radius 3 is 2.45 bits per heavy atom. The monoisotopic (exact) mass is 287 g/mol. The van der Waals surface area contributed by atoms with E-state index in [-0.39, 0.29) is 5.91 Å². The molecule has 0 unspecified atom stereocenters. The van der Waals surface area contributed by atoms with Crippen LogP contribution in [0.15, 0.2) is 42.5 Å². The van der Waals surface area contributed by atoms with Crippen LogP contribution in [0.4, 0.5) is 0 Å². The number of amides is 1. The van der Waals surface area contributed by atoms with Gasteiger partial charge in [-0.25, -0.2) is 0 Å². The van der Waals surface area contributed by atoms with Crippen LogP contribution in [-0.2, 0) is 10.5 Å². The molecule has 0 radical (unpaired) electrons. The van der Waals surface area contributed by atoms with E-state index in [2.05, 4.69) is 36.9 Å². The van der Waals surface area contributed by atoms with E-state index in [1.165, 1.54) is 12.0 Å². The molecule has 20 heavy (non-hydrogen) atoms. The second-order valence-corrected chi connectivity index (χ2v) is 5.32. The molecule has 2 rings (SSSR count). The molecule has 0 spiro atoms. The van der Waals surface area contributed by atoms with Gasteiger partial charge in [-0.05, 0) is 30.4 Å². The highest BCUT2D eigenvalue weighted by Gasteiger charge is 2.12. The molecule has 1 fully saturated rings. The lowest BCUT2D eigenvalue weighted by Crippen LogP contribution is -2.34. The molecular formula is C17H21NOS. The average Bonchev–Trinajstić information content (AvgIpc) is 2.53. The van der Waals surface area contributed by atoms with Crippen LogP contribution in [0.2, 0.25) is 0 Å². The molecule has 0 N–H and O–H groups in total. The Hall–Kier alpha value is -1.48. The number of carbonyl (C=O) groups excluding carboxylic acids is 1. The van der Waals surface area contributed by atoms with Crippen molar-refractivity contribution in [2.75, 3.05) is 13.1 Å². The molecule has 0 saturated carbocycles. The van der Waals surface area contributed by atoms with Crippen molar-refractivity contribution in [3.63, 3.8) is 0 Å². The Labute approximate surface area is 126 Å². The number of thiol groups is 1. The van der Waals surface area contributed by atoms with Gasteiger partial charge in [-0.3, -0.25) is 4.79 Å². The van der Waals surface area contributed by atoms with Crippen molar-refractivity contribution in [3.05, 3.63) is 53.6 Å². The molecule has 1 aliphatic heterocycles. The molecule has 0 aromatic heterocycles. The molecule has 3 heteroatoms. The Morgan fingerprint density at radius 1 is 1.10 bits per heavy atom. The topological polar surface area (TPSA) is 20.3 Å². The smallest absolute Gasteiger partial charge is 0.246 e. The molecular weight excluding hydrogens is 266 g/mol. The summed E-state index contributed by atoms with van der Waals surface area (Å²) in [5, 5.41) is 0. The SMILES string of the molecule is O=C(/C=C/C=C/c1ccc(CS)cc1)N1CCCCC1. The Kier molecular flexibility index (Phi) is 5.93. The van der Waals surface area contributed by atoms with Gasteiger partial charge in [-0.15, -0.1) is 0 Å². The predicted octanol–water partition coefficient (Wildman–Crippen LogP) is 3.70. The van der Waals surface area contributed by atoms with Crippen molar-refractivity contribution < 1.29 is 4.79 Å². The van der Waals surface area contributed by atoms with Crippen molar-refractivity contribution in [2.45, 2.75) is 25.0 Å². The van der Waals surface area contributed by atoms with Gasteiger partial charge in [0.2, 0.25) is 5.91 Å². The van der Waals surface area contributed by atoms with Crippen LogP contribution in [0.1, 0.15) is 30.4 Å². The average molecular weight is 287 g/mol. The fraction of sp³-hybridized carbons (Fsp3) is 0.353. The number of piperidine rings is 1. The van der Waals surface area contributed by atoms with Gasteiger partial charge in [0.25, 0.3) is 0 Å². The van der Waals surface area contributed by atoms with Crippen molar-refractivity contribution in [1.29, 1.82) is 0 Å². The van der Waals surface area contributed by atoms with E-state index < -0.39 is 0 Å². The number of hydrogen-bond donors (Lipinski definition) is 1. The maximum Gasteiger partial charge on any atom is 0.246 e. The maximum absolute atomic E-state index is 11.9. The second-order valence-electron chi connectivity index (χ2n) is 5.00. The van der Waals surface area contributed by atoms with E-state index >= 15 is 0 Å². The summed E-state index contributed by atoms with van der Waals surface area (Å²) >= 11 is 4.23. The number of nitrogens with zero attached hydrogens (tertiary/aromatic N) is 1. The molecule has 1 amide bonds. The summed E-state index contributed by atoms with van der Waals surface area (Å²) in [6.07, 6.45) is 10.9. The van der Waals surface area contributed by atoms with Gasteiger partial charge >= 0.3 is 0 Å². The van der Waals surface area contributed by atoms with Crippen LogP contribution >= 0.6 is 12.6 Å². The zero-order valence-electron chi connectivity index (χ0n) is 11.7. The normalized spacial score (nSPS) is 16.1. The van der Waals surface area contributed by atoms with Crippen LogP contribution in [0.25, 0.3) is 6.08 Å². The number of benzene rings is 1. The Bertz CT molecular complexity index is 484. The van der Waals surface area contributed by atoms with Gasteiger partial charge in [0.15, 0.2) is 0 Å². The van der Waals surface area contributed by atoms with Crippen molar-refractivity contribution in [2.24, 2.45) is 0 Å². The molecule has 1 aromatic carbocycles. The zero-order valence-corrected chi connectivity index (χ0v) is 12.6. The molecule has 1 heterocycles. The van der Waals surface area contributed by atoms with Crippen LogP contribution in [0.5, 0.6) is 0 Å². The number of rotatable bonds is 4. The first kappa shape index (κ1) is 14.9. The minimum atomic E-state index is 0.125. The summed E-state index contributed by atoms with van der Waals surface area (Å²) in [5.41, 5.74) is 2.34. The van der Waals surface area contributed by atoms with E-state index in [1.54, 1.807) is 6.08 Å². The first-order chi connectivity index (χ1) is 9.79. The quantitative estimate of drug-likeness (QED) is 0.508. The number of hydrogen-bond acceptors (Lipinski definition) is 2. The first-order valence-corrected chi connectivity index (χ1v) is 7.76. The van der Waals surface area contributed by atoms with E-state index in [0.29, 0.717) is 0 Å². The second kappa shape index (κ2) is 7.95. The number of carbonyl (C=O) groups is 1.